The number of hydrogen-bond acceptors (Lipinski definition) is 1. The Morgan fingerprint density at radius 1 is 0.636 bits per heavy atom. The maximum atomic E-state index is 6.00. The van der Waals surface area contributed by atoms with Gasteiger partial charge in [-0.25, -0.2) is 0 Å². The predicted molar refractivity (Wildman–Crippen MR) is 146 cm³/mol. The smallest absolute Gasteiger partial charge is 0.0863 e. The van der Waals surface area contributed by atoms with E-state index in [9.17, 15) is 0 Å². The molecule has 33 heavy (non-hydrogen) atoms. The molecule has 1 atom stereocenters. The van der Waals surface area contributed by atoms with Gasteiger partial charge in [-0.1, -0.05) is 128 Å². The first-order valence-corrected chi connectivity index (χ1v) is 11.9. The Labute approximate surface area is 203 Å². The highest BCUT2D eigenvalue weighted by atomic mass is 32.1. The van der Waals surface area contributed by atoms with Crippen LogP contribution in [-0.4, -0.2) is 4.99 Å². The zero-order valence-electron chi connectivity index (χ0n) is 19.8. The summed E-state index contributed by atoms with van der Waals surface area (Å²) in [5.74, 6) is 0.145. The predicted octanol–water partition coefficient (Wildman–Crippen LogP) is 8.57. The fourth-order valence-corrected chi connectivity index (χ4v) is 4.58. The van der Waals surface area contributed by atoms with Crippen molar-refractivity contribution in [2.24, 2.45) is 5.41 Å². The van der Waals surface area contributed by atoms with E-state index in [1.165, 1.54) is 33.4 Å². The van der Waals surface area contributed by atoms with Gasteiger partial charge in [0.2, 0.25) is 0 Å². The second-order valence-electron chi connectivity index (χ2n) is 9.37. The molecule has 1 N–H and O–H groups in total. The molecule has 0 fully saturated rings. The minimum absolute atomic E-state index is 0.145. The average molecular weight is 450 g/mol. The van der Waals surface area contributed by atoms with Crippen molar-refractivity contribution in [2.75, 3.05) is 5.32 Å². The molecule has 0 amide bonds. The molecule has 0 saturated carbocycles. The first kappa shape index (κ1) is 22.9. The molecule has 0 aliphatic heterocycles. The number of hydrogen-bond donors (Lipinski definition) is 1. The Morgan fingerprint density at radius 2 is 1.09 bits per heavy atom. The van der Waals surface area contributed by atoms with Crippen LogP contribution in [0.3, 0.4) is 0 Å². The Balaban J connectivity index is 1.59. The van der Waals surface area contributed by atoms with E-state index in [2.05, 4.69) is 136 Å². The van der Waals surface area contributed by atoms with Crippen LogP contribution in [0.25, 0.3) is 11.1 Å². The van der Waals surface area contributed by atoms with Gasteiger partial charge >= 0.3 is 0 Å². The summed E-state index contributed by atoms with van der Waals surface area (Å²) in [6, 6.07) is 36.6. The molecule has 0 spiro atoms. The van der Waals surface area contributed by atoms with E-state index in [-0.39, 0.29) is 11.3 Å². The normalized spacial score (nSPS) is 12.2. The molecule has 0 saturated heterocycles. The molecule has 4 rings (SSSR count). The largest absolute Gasteiger partial charge is 0.350 e. The average Bonchev–Trinajstić information content (AvgIpc) is 2.82. The van der Waals surface area contributed by atoms with Crippen LogP contribution < -0.4 is 5.32 Å². The molecule has 1 unspecified atom stereocenters. The summed E-state index contributed by atoms with van der Waals surface area (Å²) in [6.07, 6.45) is 0. The first-order chi connectivity index (χ1) is 15.8. The van der Waals surface area contributed by atoms with Crippen LogP contribution in [0.5, 0.6) is 0 Å². The molecule has 0 aromatic heterocycles. The van der Waals surface area contributed by atoms with Gasteiger partial charge in [-0.3, -0.25) is 0 Å². The zero-order chi connectivity index (χ0) is 23.4. The molecule has 2 heteroatoms. The third kappa shape index (κ3) is 5.23. The van der Waals surface area contributed by atoms with Crippen molar-refractivity contribution >= 4 is 22.9 Å². The Kier molecular flexibility index (Phi) is 6.76. The third-order valence-electron chi connectivity index (χ3n) is 6.38. The lowest BCUT2D eigenvalue weighted by Crippen LogP contribution is -2.35. The van der Waals surface area contributed by atoms with Gasteiger partial charge in [0.05, 0.1) is 4.99 Å². The number of rotatable bonds is 6. The van der Waals surface area contributed by atoms with Crippen molar-refractivity contribution in [3.63, 3.8) is 0 Å². The summed E-state index contributed by atoms with van der Waals surface area (Å²) >= 11 is 6.00. The first-order valence-electron chi connectivity index (χ1n) is 11.4. The van der Waals surface area contributed by atoms with Crippen molar-refractivity contribution in [1.82, 2.24) is 0 Å². The molecule has 4 aromatic rings. The van der Waals surface area contributed by atoms with Crippen LogP contribution in [0.1, 0.15) is 42.0 Å². The lowest BCUT2D eigenvalue weighted by atomic mass is 9.71. The summed E-state index contributed by atoms with van der Waals surface area (Å²) in [6.45, 7) is 8.71. The van der Waals surface area contributed by atoms with Crippen molar-refractivity contribution in [3.05, 3.63) is 125 Å². The van der Waals surface area contributed by atoms with Crippen LogP contribution in [0.2, 0.25) is 0 Å². The molecule has 1 nitrogen and oxygen atoms in total. The number of aryl methyl sites for hydroxylation is 2. The maximum Gasteiger partial charge on any atom is 0.0863 e. The van der Waals surface area contributed by atoms with Gasteiger partial charge in [0.25, 0.3) is 0 Å². The second kappa shape index (κ2) is 9.72. The lowest BCUT2D eigenvalue weighted by molar-refractivity contribution is 0.460. The van der Waals surface area contributed by atoms with E-state index in [1.807, 2.05) is 0 Å². The fraction of sp³-hybridized carbons (Fsp3) is 0.194. The SMILES string of the molecule is Cc1ccc(-c2ccc(NC(=S)C(C)(C)C(c3ccccc3)c3ccc(C)cc3)cc2)cc1. The third-order valence-corrected chi connectivity index (χ3v) is 7.01. The summed E-state index contributed by atoms with van der Waals surface area (Å²) < 4.78 is 0. The van der Waals surface area contributed by atoms with Crippen molar-refractivity contribution < 1.29 is 0 Å². The molecule has 0 aliphatic rings. The Bertz CT molecular complexity index is 1200. The summed E-state index contributed by atoms with van der Waals surface area (Å²) in [5, 5.41) is 3.53. The highest BCUT2D eigenvalue weighted by Crippen LogP contribution is 2.42. The van der Waals surface area contributed by atoms with E-state index < -0.39 is 0 Å². The van der Waals surface area contributed by atoms with Crippen LogP contribution in [-0.2, 0) is 0 Å². The Morgan fingerprint density at radius 3 is 1.64 bits per heavy atom. The van der Waals surface area contributed by atoms with Crippen LogP contribution in [0.4, 0.5) is 5.69 Å². The lowest BCUT2D eigenvalue weighted by Gasteiger charge is -2.36. The van der Waals surface area contributed by atoms with E-state index >= 15 is 0 Å². The second-order valence-corrected chi connectivity index (χ2v) is 9.78. The van der Waals surface area contributed by atoms with Gasteiger partial charge in [0.1, 0.15) is 0 Å². The molecule has 0 aliphatic carbocycles. The minimum atomic E-state index is -0.290. The van der Waals surface area contributed by atoms with Crippen molar-refractivity contribution in [2.45, 2.75) is 33.6 Å². The van der Waals surface area contributed by atoms with E-state index in [0.29, 0.717) is 0 Å². The summed E-state index contributed by atoms with van der Waals surface area (Å²) in [5.41, 5.74) is 8.22. The Hall–Kier alpha value is -3.23. The molecule has 166 valence electrons. The van der Waals surface area contributed by atoms with Gasteiger partial charge in [-0.15, -0.1) is 0 Å². The molecular formula is C31H31NS. The van der Waals surface area contributed by atoms with Gasteiger partial charge in [0.15, 0.2) is 0 Å². The highest BCUT2D eigenvalue weighted by Gasteiger charge is 2.36. The monoisotopic (exact) mass is 449 g/mol. The molecule has 0 radical (unpaired) electrons. The standard InChI is InChI=1S/C31H31NS/c1-22-10-14-24(15-11-22)25-18-20-28(21-19-25)32-30(33)31(3,4)29(26-8-6-5-7-9-26)27-16-12-23(2)13-17-27/h5-21,29H,1-4H3,(H,32,33). The summed E-state index contributed by atoms with van der Waals surface area (Å²) in [7, 11) is 0. The maximum absolute atomic E-state index is 6.00. The summed E-state index contributed by atoms with van der Waals surface area (Å²) in [4.78, 5) is 0.833. The molecule has 0 bridgehead atoms. The zero-order valence-corrected chi connectivity index (χ0v) is 20.6. The van der Waals surface area contributed by atoms with Crippen LogP contribution in [0.15, 0.2) is 103 Å². The topological polar surface area (TPSA) is 12.0 Å². The van der Waals surface area contributed by atoms with Gasteiger partial charge in [0, 0.05) is 17.0 Å². The van der Waals surface area contributed by atoms with Gasteiger partial charge in [-0.2, -0.15) is 0 Å². The van der Waals surface area contributed by atoms with E-state index in [4.69, 9.17) is 12.2 Å². The van der Waals surface area contributed by atoms with Crippen molar-refractivity contribution in [3.8, 4) is 11.1 Å². The quantitative estimate of drug-likeness (QED) is 0.296. The number of anilines is 1. The van der Waals surface area contributed by atoms with Gasteiger partial charge in [-0.05, 0) is 48.2 Å². The minimum Gasteiger partial charge on any atom is -0.350 e. The van der Waals surface area contributed by atoms with Crippen molar-refractivity contribution in [1.29, 1.82) is 0 Å². The van der Waals surface area contributed by atoms with Crippen LogP contribution in [0, 0.1) is 19.3 Å². The number of thiocarbonyl (C=S) groups is 1. The number of benzene rings is 4. The molecule has 4 aromatic carbocycles. The fourth-order valence-electron chi connectivity index (χ4n) is 4.35. The van der Waals surface area contributed by atoms with Gasteiger partial charge < -0.3 is 5.32 Å². The molecule has 0 heterocycles. The highest BCUT2D eigenvalue weighted by molar-refractivity contribution is 7.80. The van der Waals surface area contributed by atoms with E-state index in [0.717, 1.165) is 10.7 Å². The van der Waals surface area contributed by atoms with Crippen LogP contribution >= 0.6 is 12.2 Å². The van der Waals surface area contributed by atoms with E-state index in [1.54, 1.807) is 0 Å². The number of nitrogens with one attached hydrogen (secondary N) is 1. The molecular weight excluding hydrogens is 418 g/mol.